The van der Waals surface area contributed by atoms with E-state index in [1.807, 2.05) is 43.3 Å². The number of aryl methyl sites for hydroxylation is 1. The van der Waals surface area contributed by atoms with Crippen LogP contribution in [-0.2, 0) is 0 Å². The molecule has 0 amide bonds. The lowest BCUT2D eigenvalue weighted by Gasteiger charge is -2.27. The topological polar surface area (TPSA) is 62.4 Å². The Labute approximate surface area is 162 Å². The summed E-state index contributed by atoms with van der Waals surface area (Å²) >= 11 is 5.71. The normalized spacial score (nSPS) is 20.8. The third-order valence-electron chi connectivity index (χ3n) is 4.91. The van der Waals surface area contributed by atoms with Gasteiger partial charge in [-0.1, -0.05) is 6.07 Å². The van der Waals surface area contributed by atoms with Crippen LogP contribution in [0, 0.1) is 6.92 Å². The van der Waals surface area contributed by atoms with Crippen molar-refractivity contribution in [2.75, 3.05) is 11.7 Å². The van der Waals surface area contributed by atoms with Crippen molar-refractivity contribution in [1.82, 2.24) is 15.3 Å². The van der Waals surface area contributed by atoms with Gasteiger partial charge in [0.05, 0.1) is 11.7 Å². The first kappa shape index (κ1) is 16.1. The number of hydrogen-bond acceptors (Lipinski definition) is 4. The fourth-order valence-corrected chi connectivity index (χ4v) is 4.03. The summed E-state index contributed by atoms with van der Waals surface area (Å²) in [7, 11) is 0. The molecule has 4 heterocycles. The minimum atomic E-state index is -0.0674. The molecular formula is C20H18N4O2S. The molecule has 2 aromatic heterocycles. The van der Waals surface area contributed by atoms with E-state index in [1.54, 1.807) is 6.20 Å². The van der Waals surface area contributed by atoms with Crippen molar-refractivity contribution in [3.05, 3.63) is 71.8 Å². The van der Waals surface area contributed by atoms with Gasteiger partial charge in [0.15, 0.2) is 16.6 Å². The van der Waals surface area contributed by atoms with E-state index in [9.17, 15) is 0 Å². The van der Waals surface area contributed by atoms with E-state index >= 15 is 0 Å². The van der Waals surface area contributed by atoms with Crippen LogP contribution in [-0.4, -0.2) is 21.9 Å². The maximum atomic E-state index is 5.71. The molecule has 2 atom stereocenters. The Bertz CT molecular complexity index is 1000. The van der Waals surface area contributed by atoms with Gasteiger partial charge in [-0.05, 0) is 55.5 Å². The number of pyridine rings is 1. The molecule has 0 bridgehead atoms. The predicted molar refractivity (Wildman–Crippen MR) is 106 cm³/mol. The molecule has 2 aliphatic rings. The zero-order valence-corrected chi connectivity index (χ0v) is 15.5. The number of H-pyrrole nitrogens is 1. The predicted octanol–water partition coefficient (Wildman–Crippen LogP) is 3.62. The Hall–Kier alpha value is -3.06. The average molecular weight is 378 g/mol. The molecule has 1 saturated heterocycles. The van der Waals surface area contributed by atoms with E-state index in [0.29, 0.717) is 5.11 Å². The van der Waals surface area contributed by atoms with Gasteiger partial charge in [0.25, 0.3) is 0 Å². The van der Waals surface area contributed by atoms with Gasteiger partial charge >= 0.3 is 0 Å². The molecule has 0 radical (unpaired) electrons. The molecule has 27 heavy (non-hydrogen) atoms. The van der Waals surface area contributed by atoms with Crippen LogP contribution in [0.15, 0.2) is 54.7 Å². The summed E-state index contributed by atoms with van der Waals surface area (Å²) in [6.07, 6.45) is 1.81. The van der Waals surface area contributed by atoms with Gasteiger partial charge in [-0.2, -0.15) is 0 Å². The maximum absolute atomic E-state index is 5.71. The Balaban J connectivity index is 1.61. The molecule has 5 rings (SSSR count). The summed E-state index contributed by atoms with van der Waals surface area (Å²) in [5.41, 5.74) is 4.08. The van der Waals surface area contributed by atoms with Crippen molar-refractivity contribution in [2.45, 2.75) is 19.0 Å². The van der Waals surface area contributed by atoms with E-state index in [4.69, 9.17) is 21.7 Å². The van der Waals surface area contributed by atoms with Crippen LogP contribution in [0.1, 0.15) is 29.2 Å². The summed E-state index contributed by atoms with van der Waals surface area (Å²) < 4.78 is 11.0. The van der Waals surface area contributed by atoms with Crippen LogP contribution in [0.25, 0.3) is 0 Å². The zero-order chi connectivity index (χ0) is 18.4. The first-order valence-electron chi connectivity index (χ1n) is 8.76. The number of aromatic nitrogens is 2. The number of nitrogens with zero attached hydrogens (tertiary/aromatic N) is 2. The molecule has 136 valence electrons. The Kier molecular flexibility index (Phi) is 3.75. The highest BCUT2D eigenvalue weighted by Gasteiger charge is 2.41. The molecule has 6 nitrogen and oxygen atoms in total. The van der Waals surface area contributed by atoms with Gasteiger partial charge in [-0.15, -0.1) is 0 Å². The number of ether oxygens (including phenoxy) is 2. The Morgan fingerprint density at radius 1 is 1.11 bits per heavy atom. The van der Waals surface area contributed by atoms with Gasteiger partial charge < -0.3 is 24.7 Å². The first-order chi connectivity index (χ1) is 13.2. The molecule has 2 N–H and O–H groups in total. The molecule has 1 fully saturated rings. The molecule has 0 saturated carbocycles. The summed E-state index contributed by atoms with van der Waals surface area (Å²) in [4.78, 5) is 10.1. The van der Waals surface area contributed by atoms with Crippen molar-refractivity contribution in [2.24, 2.45) is 0 Å². The molecule has 2 aliphatic heterocycles. The molecular weight excluding hydrogens is 360 g/mol. The second-order valence-electron chi connectivity index (χ2n) is 6.63. The Morgan fingerprint density at radius 3 is 2.78 bits per heavy atom. The van der Waals surface area contributed by atoms with E-state index in [2.05, 4.69) is 32.3 Å². The van der Waals surface area contributed by atoms with Crippen LogP contribution in [0.3, 0.4) is 0 Å². The minimum absolute atomic E-state index is 0.0542. The number of fused-ring (bicyclic) bond motifs is 1. The van der Waals surface area contributed by atoms with E-state index in [-0.39, 0.29) is 18.9 Å². The van der Waals surface area contributed by atoms with Crippen LogP contribution < -0.4 is 19.7 Å². The highest BCUT2D eigenvalue weighted by Crippen LogP contribution is 2.44. The van der Waals surface area contributed by atoms with Gasteiger partial charge in [-0.25, -0.2) is 0 Å². The quantitative estimate of drug-likeness (QED) is 0.679. The lowest BCUT2D eigenvalue weighted by molar-refractivity contribution is 0.174. The number of rotatable bonds is 3. The number of nitrogens with one attached hydrogen (secondary N) is 2. The largest absolute Gasteiger partial charge is 0.454 e. The lowest BCUT2D eigenvalue weighted by atomic mass is 10.0. The third kappa shape index (κ3) is 2.71. The number of hydrogen-bond donors (Lipinski definition) is 2. The summed E-state index contributed by atoms with van der Waals surface area (Å²) in [5, 5.41) is 4.10. The smallest absolute Gasteiger partial charge is 0.231 e. The molecule has 3 aromatic rings. The number of anilines is 1. The summed E-state index contributed by atoms with van der Waals surface area (Å²) in [5.74, 6) is 1.49. The van der Waals surface area contributed by atoms with Gasteiger partial charge in [0.2, 0.25) is 6.79 Å². The van der Waals surface area contributed by atoms with Crippen molar-refractivity contribution in [1.29, 1.82) is 0 Å². The zero-order valence-electron chi connectivity index (χ0n) is 14.7. The molecule has 7 heteroatoms. The highest BCUT2D eigenvalue weighted by atomic mass is 32.1. The third-order valence-corrected chi connectivity index (χ3v) is 5.22. The number of thiocarbonyl (C=S) groups is 1. The Morgan fingerprint density at radius 2 is 2.00 bits per heavy atom. The molecule has 0 aliphatic carbocycles. The standard InChI is InChI=1S/C20H18N4O2S/c1-12-5-7-15(22-12)19-18(14-4-2-3-9-21-14)23-20(27)24(19)13-6-8-16-17(10-13)26-11-25-16/h2-10,18-19,22H,11H2,1H3,(H,23,27)/t18-,19-/m1/s1. The average Bonchev–Trinajstić information content (AvgIpc) is 3.39. The van der Waals surface area contributed by atoms with E-state index in [0.717, 1.165) is 34.3 Å². The van der Waals surface area contributed by atoms with Crippen molar-refractivity contribution >= 4 is 23.0 Å². The van der Waals surface area contributed by atoms with Crippen molar-refractivity contribution < 1.29 is 9.47 Å². The second-order valence-corrected chi connectivity index (χ2v) is 7.02. The van der Waals surface area contributed by atoms with Gasteiger partial charge in [0, 0.05) is 29.3 Å². The lowest BCUT2D eigenvalue weighted by Crippen LogP contribution is -2.29. The van der Waals surface area contributed by atoms with Gasteiger partial charge in [-0.3, -0.25) is 4.98 Å². The van der Waals surface area contributed by atoms with Crippen LogP contribution in [0.2, 0.25) is 0 Å². The SMILES string of the molecule is Cc1ccc([C@@H]2[C@@H](c3ccccn3)NC(=S)N2c2ccc3c(c2)OCO3)[nH]1. The molecule has 0 unspecified atom stereocenters. The fraction of sp³-hybridized carbons (Fsp3) is 0.200. The molecule has 1 aromatic carbocycles. The van der Waals surface area contributed by atoms with Crippen molar-refractivity contribution in [3.8, 4) is 11.5 Å². The second kappa shape index (κ2) is 6.28. The van der Waals surface area contributed by atoms with E-state index < -0.39 is 0 Å². The molecule has 0 spiro atoms. The number of aromatic amines is 1. The van der Waals surface area contributed by atoms with Crippen LogP contribution >= 0.6 is 12.2 Å². The summed E-state index contributed by atoms with van der Waals surface area (Å²) in [6.45, 7) is 2.29. The first-order valence-corrected chi connectivity index (χ1v) is 9.17. The van der Waals surface area contributed by atoms with Crippen LogP contribution in [0.5, 0.6) is 11.5 Å². The van der Waals surface area contributed by atoms with Crippen molar-refractivity contribution in [3.63, 3.8) is 0 Å². The van der Waals surface area contributed by atoms with Crippen LogP contribution in [0.4, 0.5) is 5.69 Å². The maximum Gasteiger partial charge on any atom is 0.231 e. The fourth-order valence-electron chi connectivity index (χ4n) is 3.68. The summed E-state index contributed by atoms with van der Waals surface area (Å²) in [6, 6.07) is 15.9. The van der Waals surface area contributed by atoms with E-state index in [1.165, 1.54) is 0 Å². The van der Waals surface area contributed by atoms with Gasteiger partial charge in [0.1, 0.15) is 6.04 Å². The minimum Gasteiger partial charge on any atom is -0.454 e. The highest BCUT2D eigenvalue weighted by molar-refractivity contribution is 7.80. The monoisotopic (exact) mass is 378 g/mol. The number of benzene rings is 1.